The molecule has 0 unspecified atom stereocenters. The van der Waals surface area contributed by atoms with E-state index in [9.17, 15) is 9.59 Å². The molecule has 0 aliphatic carbocycles. The van der Waals surface area contributed by atoms with Crippen LogP contribution in [0.2, 0.25) is 0 Å². The Morgan fingerprint density at radius 1 is 1.43 bits per heavy atom. The lowest BCUT2D eigenvalue weighted by Crippen LogP contribution is -2.54. The van der Waals surface area contributed by atoms with Crippen LogP contribution in [0.1, 0.15) is 17.5 Å². The normalized spacial score (nSPS) is 18.8. The number of benzene rings is 1. The number of rotatable bonds is 6. The highest BCUT2D eigenvalue weighted by molar-refractivity contribution is 5.85. The zero-order valence-corrected chi connectivity index (χ0v) is 12.0. The van der Waals surface area contributed by atoms with Crippen LogP contribution < -0.4 is 5.43 Å². The molecular weight excluding hydrogens is 272 g/mol. The third-order valence-corrected chi connectivity index (χ3v) is 3.37. The minimum absolute atomic E-state index is 0.297. The van der Waals surface area contributed by atoms with Crippen molar-refractivity contribution in [1.82, 2.24) is 10.4 Å². The molecular formula is C15H20N2O4. The number of nitrogens with zero attached hydrogens (tertiary/aromatic N) is 1. The minimum atomic E-state index is -1.03. The molecule has 6 heteroatoms. The van der Waals surface area contributed by atoms with Crippen LogP contribution in [0.4, 0.5) is 0 Å². The van der Waals surface area contributed by atoms with Gasteiger partial charge in [0.15, 0.2) is 0 Å². The van der Waals surface area contributed by atoms with Crippen LogP contribution in [0.15, 0.2) is 24.3 Å². The first-order chi connectivity index (χ1) is 10.1. The maximum atomic E-state index is 12.0. The van der Waals surface area contributed by atoms with E-state index < -0.39 is 12.1 Å². The fourth-order valence-corrected chi connectivity index (χ4v) is 2.19. The van der Waals surface area contributed by atoms with Crippen molar-refractivity contribution < 1.29 is 19.4 Å². The highest BCUT2D eigenvalue weighted by Crippen LogP contribution is 2.09. The first kappa shape index (κ1) is 15.5. The summed E-state index contributed by atoms with van der Waals surface area (Å²) in [5.41, 5.74) is 5.45. The Kier molecular flexibility index (Phi) is 5.30. The van der Waals surface area contributed by atoms with Crippen molar-refractivity contribution in [2.24, 2.45) is 0 Å². The summed E-state index contributed by atoms with van der Waals surface area (Å²) in [6.45, 7) is 3.44. The van der Waals surface area contributed by atoms with Crippen molar-refractivity contribution in [1.29, 1.82) is 0 Å². The Labute approximate surface area is 123 Å². The van der Waals surface area contributed by atoms with Gasteiger partial charge in [-0.1, -0.05) is 29.8 Å². The molecule has 114 valence electrons. The third-order valence-electron chi connectivity index (χ3n) is 3.37. The van der Waals surface area contributed by atoms with Crippen LogP contribution in [-0.4, -0.2) is 47.8 Å². The molecule has 6 nitrogen and oxygen atoms in total. The van der Waals surface area contributed by atoms with Gasteiger partial charge in [0, 0.05) is 6.54 Å². The van der Waals surface area contributed by atoms with E-state index in [2.05, 4.69) is 29.7 Å². The number of hydrogen-bond acceptors (Lipinski definition) is 4. The van der Waals surface area contributed by atoms with Crippen LogP contribution >= 0.6 is 0 Å². The molecule has 1 amide bonds. The lowest BCUT2D eigenvalue weighted by Gasteiger charge is -2.32. The largest absolute Gasteiger partial charge is 0.481 e. The Balaban J connectivity index is 1.80. The first-order valence-corrected chi connectivity index (χ1v) is 7.00. The van der Waals surface area contributed by atoms with E-state index in [4.69, 9.17) is 9.84 Å². The van der Waals surface area contributed by atoms with Crippen molar-refractivity contribution in [3.05, 3.63) is 35.4 Å². The quantitative estimate of drug-likeness (QED) is 0.808. The van der Waals surface area contributed by atoms with Crippen LogP contribution in [-0.2, 0) is 20.7 Å². The summed E-state index contributed by atoms with van der Waals surface area (Å²) in [6.07, 6.45) is -0.383. The van der Waals surface area contributed by atoms with E-state index in [-0.39, 0.29) is 12.3 Å². The molecule has 1 aliphatic heterocycles. The van der Waals surface area contributed by atoms with Gasteiger partial charge < -0.3 is 9.84 Å². The van der Waals surface area contributed by atoms with Crippen LogP contribution in [0, 0.1) is 6.92 Å². The molecule has 1 aromatic rings. The molecule has 1 aromatic carbocycles. The topological polar surface area (TPSA) is 78.9 Å². The molecule has 1 saturated heterocycles. The van der Waals surface area contributed by atoms with Crippen molar-refractivity contribution >= 4 is 11.9 Å². The van der Waals surface area contributed by atoms with E-state index in [0.29, 0.717) is 19.7 Å². The molecule has 0 spiro atoms. The van der Waals surface area contributed by atoms with Gasteiger partial charge in [0.2, 0.25) is 0 Å². The number of aryl methyl sites for hydroxylation is 1. The van der Waals surface area contributed by atoms with Crippen molar-refractivity contribution in [2.75, 3.05) is 19.7 Å². The van der Waals surface area contributed by atoms with Crippen molar-refractivity contribution in [3.8, 4) is 0 Å². The number of hydrogen-bond donors (Lipinski definition) is 2. The molecule has 1 atom stereocenters. The molecule has 1 heterocycles. The van der Waals surface area contributed by atoms with E-state index in [1.807, 2.05) is 6.92 Å². The molecule has 0 aromatic heterocycles. The highest BCUT2D eigenvalue weighted by Gasteiger charge is 2.31. The van der Waals surface area contributed by atoms with Crippen molar-refractivity contribution in [3.63, 3.8) is 0 Å². The summed E-state index contributed by atoms with van der Waals surface area (Å²) in [5.74, 6) is -1.34. The molecule has 1 aliphatic rings. The zero-order chi connectivity index (χ0) is 15.2. The minimum Gasteiger partial charge on any atom is -0.481 e. The Morgan fingerprint density at radius 2 is 2.14 bits per heavy atom. The number of nitrogens with one attached hydrogen (secondary N) is 1. The number of amides is 1. The fraction of sp³-hybridized carbons (Fsp3) is 0.467. The summed E-state index contributed by atoms with van der Waals surface area (Å²) in [6, 6.07) is 8.23. The third kappa shape index (κ3) is 4.54. The first-order valence-electron chi connectivity index (χ1n) is 7.00. The number of carboxylic acids is 1. The second-order valence-electron chi connectivity index (χ2n) is 5.09. The van der Waals surface area contributed by atoms with Gasteiger partial charge in [-0.2, -0.15) is 0 Å². The number of aliphatic carboxylic acids is 1. The molecule has 2 rings (SSSR count). The monoisotopic (exact) mass is 292 g/mol. The van der Waals surface area contributed by atoms with E-state index in [0.717, 1.165) is 6.42 Å². The fourth-order valence-electron chi connectivity index (χ4n) is 2.19. The summed E-state index contributed by atoms with van der Waals surface area (Å²) in [5, 5.41) is 10.2. The molecule has 0 saturated carbocycles. The van der Waals surface area contributed by atoms with E-state index >= 15 is 0 Å². The predicted molar refractivity (Wildman–Crippen MR) is 76.6 cm³/mol. The molecule has 2 N–H and O–H groups in total. The number of carbonyl (C=O) groups is 2. The lowest BCUT2D eigenvalue weighted by molar-refractivity contribution is -0.163. The SMILES string of the molecule is Cc1ccc(CCNN2CCO[C@@H](CC(=O)O)C2=O)cc1. The zero-order valence-electron chi connectivity index (χ0n) is 12.0. The Bertz CT molecular complexity index is 501. The number of morpholine rings is 1. The molecule has 0 bridgehead atoms. The number of hydrazine groups is 1. The Morgan fingerprint density at radius 3 is 2.81 bits per heavy atom. The van der Waals surface area contributed by atoms with Gasteiger partial charge in [0.05, 0.1) is 19.6 Å². The van der Waals surface area contributed by atoms with Crippen molar-refractivity contribution in [2.45, 2.75) is 25.9 Å². The van der Waals surface area contributed by atoms with Gasteiger partial charge in [-0.3, -0.25) is 14.6 Å². The van der Waals surface area contributed by atoms with Crippen LogP contribution in [0.5, 0.6) is 0 Å². The summed E-state index contributed by atoms with van der Waals surface area (Å²) in [4.78, 5) is 22.7. The molecule has 0 radical (unpaired) electrons. The maximum absolute atomic E-state index is 12.0. The second kappa shape index (κ2) is 7.19. The van der Waals surface area contributed by atoms with E-state index in [1.54, 1.807) is 0 Å². The summed E-state index contributed by atoms with van der Waals surface area (Å²) < 4.78 is 5.20. The lowest BCUT2D eigenvalue weighted by atomic mass is 10.1. The van der Waals surface area contributed by atoms with Gasteiger partial charge in [-0.25, -0.2) is 5.43 Å². The maximum Gasteiger partial charge on any atom is 0.306 e. The second-order valence-corrected chi connectivity index (χ2v) is 5.09. The van der Waals surface area contributed by atoms with Gasteiger partial charge >= 0.3 is 5.97 Å². The van der Waals surface area contributed by atoms with E-state index in [1.165, 1.54) is 16.1 Å². The average Bonchev–Trinajstić information content (AvgIpc) is 2.44. The number of carboxylic acid groups (broad SMARTS) is 1. The highest BCUT2D eigenvalue weighted by atomic mass is 16.5. The number of carbonyl (C=O) groups excluding carboxylic acids is 1. The van der Waals surface area contributed by atoms with Crippen LogP contribution in [0.3, 0.4) is 0 Å². The molecule has 21 heavy (non-hydrogen) atoms. The Hall–Kier alpha value is -1.92. The molecule has 1 fully saturated rings. The predicted octanol–water partition coefficient (Wildman–Crippen LogP) is 0.744. The van der Waals surface area contributed by atoms with Gasteiger partial charge in [-0.05, 0) is 18.9 Å². The summed E-state index contributed by atoms with van der Waals surface area (Å²) >= 11 is 0. The van der Waals surface area contributed by atoms with Gasteiger partial charge in [0.1, 0.15) is 6.10 Å². The smallest absolute Gasteiger partial charge is 0.306 e. The number of ether oxygens (including phenoxy) is 1. The average molecular weight is 292 g/mol. The summed E-state index contributed by atoms with van der Waals surface area (Å²) in [7, 11) is 0. The van der Waals surface area contributed by atoms with Gasteiger partial charge in [-0.15, -0.1) is 0 Å². The van der Waals surface area contributed by atoms with Crippen LogP contribution in [0.25, 0.3) is 0 Å². The van der Waals surface area contributed by atoms with Gasteiger partial charge in [0.25, 0.3) is 5.91 Å². The standard InChI is InChI=1S/C15H20N2O4/c1-11-2-4-12(5-3-11)6-7-16-17-8-9-21-13(15(17)20)10-14(18)19/h2-5,13,16H,6-10H2,1H3,(H,18,19)/t13-/m0/s1.